The van der Waals surface area contributed by atoms with E-state index in [0.717, 1.165) is 16.5 Å². The summed E-state index contributed by atoms with van der Waals surface area (Å²) in [7, 11) is 0. The topological polar surface area (TPSA) is 86.8 Å². The third-order valence-corrected chi connectivity index (χ3v) is 7.76. The van der Waals surface area contributed by atoms with Crippen molar-refractivity contribution in [3.63, 3.8) is 0 Å². The van der Waals surface area contributed by atoms with Crippen molar-refractivity contribution < 1.29 is 32.3 Å². The van der Waals surface area contributed by atoms with Crippen LogP contribution in [0.3, 0.4) is 0 Å². The van der Waals surface area contributed by atoms with Crippen LogP contribution in [0.5, 0.6) is 0 Å². The first-order chi connectivity index (χ1) is 19.5. The molecule has 0 saturated carbocycles. The van der Waals surface area contributed by atoms with Crippen LogP contribution in [-0.2, 0) is 11.0 Å². The number of carbonyl (C=O) groups is 4. The van der Waals surface area contributed by atoms with Gasteiger partial charge in [-0.3, -0.25) is 24.1 Å². The van der Waals surface area contributed by atoms with Crippen molar-refractivity contribution >= 4 is 29.3 Å². The summed E-state index contributed by atoms with van der Waals surface area (Å²) in [5.74, 6) is -1.36. The summed E-state index contributed by atoms with van der Waals surface area (Å²) in [6, 6.07) is 17.6. The van der Waals surface area contributed by atoms with Crippen molar-refractivity contribution in [3.05, 3.63) is 100 Å². The van der Waals surface area contributed by atoms with Gasteiger partial charge in [-0.05, 0) is 73.2 Å². The molecule has 5 rings (SSSR count). The number of amides is 4. The van der Waals surface area contributed by atoms with Crippen molar-refractivity contribution in [2.24, 2.45) is 0 Å². The smallest absolute Gasteiger partial charge is 0.339 e. The Morgan fingerprint density at radius 3 is 2.07 bits per heavy atom. The molecule has 41 heavy (non-hydrogen) atoms. The van der Waals surface area contributed by atoms with Crippen LogP contribution in [0.25, 0.3) is 0 Å². The number of fused-ring (bicyclic) bond motifs is 1. The molecular formula is C31H28F3N3O4. The average molecular weight is 564 g/mol. The number of hydrogen-bond acceptors (Lipinski definition) is 4. The third kappa shape index (κ3) is 5.73. The zero-order valence-corrected chi connectivity index (χ0v) is 22.3. The lowest BCUT2D eigenvalue weighted by Crippen LogP contribution is -2.38. The molecule has 212 valence electrons. The number of nitrogens with zero attached hydrogens (tertiary/aromatic N) is 2. The summed E-state index contributed by atoms with van der Waals surface area (Å²) in [5, 5.41) is 2.79. The fourth-order valence-corrected chi connectivity index (χ4v) is 5.48. The molecule has 3 aromatic rings. The van der Waals surface area contributed by atoms with Gasteiger partial charge in [-0.2, -0.15) is 13.2 Å². The number of likely N-dealkylation sites (tertiary alicyclic amines) is 1. The van der Waals surface area contributed by atoms with E-state index >= 15 is 0 Å². The molecule has 2 aliphatic rings. The van der Waals surface area contributed by atoms with Crippen molar-refractivity contribution in [3.8, 4) is 0 Å². The lowest BCUT2D eigenvalue weighted by atomic mass is 9.89. The van der Waals surface area contributed by atoms with Gasteiger partial charge in [0.2, 0.25) is 5.91 Å². The Morgan fingerprint density at radius 2 is 1.49 bits per heavy atom. The zero-order valence-electron chi connectivity index (χ0n) is 22.3. The highest BCUT2D eigenvalue weighted by Gasteiger charge is 2.36. The highest BCUT2D eigenvalue weighted by atomic mass is 19.4. The summed E-state index contributed by atoms with van der Waals surface area (Å²) in [4.78, 5) is 53.1. The van der Waals surface area contributed by atoms with Gasteiger partial charge in [0, 0.05) is 37.3 Å². The minimum atomic E-state index is -4.52. The first-order valence-electron chi connectivity index (χ1n) is 13.4. The van der Waals surface area contributed by atoms with Gasteiger partial charge in [-0.1, -0.05) is 30.3 Å². The molecule has 0 atom stereocenters. The van der Waals surface area contributed by atoms with Crippen molar-refractivity contribution in [2.75, 3.05) is 25.0 Å². The van der Waals surface area contributed by atoms with Gasteiger partial charge in [0.15, 0.2) is 0 Å². The number of rotatable bonds is 6. The Labute approximate surface area is 234 Å². The molecule has 10 heteroatoms. The fraction of sp³-hybridized carbons (Fsp3) is 0.290. The van der Waals surface area contributed by atoms with Crippen LogP contribution in [0.2, 0.25) is 0 Å². The second kappa shape index (κ2) is 11.2. The largest absolute Gasteiger partial charge is 0.416 e. The predicted molar refractivity (Wildman–Crippen MR) is 146 cm³/mol. The summed E-state index contributed by atoms with van der Waals surface area (Å²) < 4.78 is 39.8. The van der Waals surface area contributed by atoms with Gasteiger partial charge in [-0.15, -0.1) is 0 Å². The van der Waals surface area contributed by atoms with Gasteiger partial charge in [0.05, 0.1) is 16.7 Å². The number of piperidine rings is 1. The second-order valence-electron chi connectivity index (χ2n) is 10.3. The van der Waals surface area contributed by atoms with Gasteiger partial charge in [0.1, 0.15) is 0 Å². The lowest BCUT2D eigenvalue weighted by Gasteiger charge is -2.33. The minimum Gasteiger partial charge on any atom is -0.339 e. The van der Waals surface area contributed by atoms with Crippen molar-refractivity contribution in [1.29, 1.82) is 0 Å². The van der Waals surface area contributed by atoms with Crippen LogP contribution in [0.15, 0.2) is 66.7 Å². The molecule has 0 aromatic heterocycles. The van der Waals surface area contributed by atoms with E-state index in [-0.39, 0.29) is 35.9 Å². The standard InChI is InChI=1S/C31H28F3N3O4/c1-19-23(7-4-8-26(19)31(32,33)34)28(39)36-16-13-21(14-17-36)20-9-11-22(12-10-20)35-27(38)15-18-37-29(40)24-5-2-3-6-25(24)30(37)41/h2-12,21H,13-18H2,1H3,(H,35,38). The SMILES string of the molecule is Cc1c(C(=O)N2CCC(c3ccc(NC(=O)CCN4C(=O)c5ccccc5C4=O)cc3)CC2)cccc1C(F)(F)F. The number of nitrogens with one attached hydrogen (secondary N) is 1. The van der Waals surface area contributed by atoms with E-state index in [1.807, 2.05) is 12.1 Å². The average Bonchev–Trinajstić information content (AvgIpc) is 3.20. The van der Waals surface area contributed by atoms with Crippen LogP contribution in [0.1, 0.15) is 72.9 Å². The minimum absolute atomic E-state index is 0.0203. The Balaban J connectivity index is 1.12. The molecule has 0 radical (unpaired) electrons. The van der Waals surface area contributed by atoms with Gasteiger partial charge >= 0.3 is 6.18 Å². The van der Waals surface area contributed by atoms with E-state index in [4.69, 9.17) is 0 Å². The van der Waals surface area contributed by atoms with Gasteiger partial charge in [-0.25, -0.2) is 0 Å². The fourth-order valence-electron chi connectivity index (χ4n) is 5.48. The molecule has 1 N–H and O–H groups in total. The summed E-state index contributed by atoms with van der Waals surface area (Å²) >= 11 is 0. The number of imide groups is 1. The van der Waals surface area contributed by atoms with Crippen LogP contribution in [-0.4, -0.2) is 53.1 Å². The molecule has 3 aromatic carbocycles. The Bertz CT molecular complexity index is 1470. The van der Waals surface area contributed by atoms with Crippen molar-refractivity contribution in [2.45, 2.75) is 38.3 Å². The Hall–Kier alpha value is -4.47. The van der Waals surface area contributed by atoms with E-state index < -0.39 is 29.5 Å². The number of benzene rings is 3. The third-order valence-electron chi connectivity index (χ3n) is 7.76. The van der Waals surface area contributed by atoms with Crippen LogP contribution in [0.4, 0.5) is 18.9 Å². The number of anilines is 1. The second-order valence-corrected chi connectivity index (χ2v) is 10.3. The molecule has 7 nitrogen and oxygen atoms in total. The van der Waals surface area contributed by atoms with E-state index in [1.165, 1.54) is 19.1 Å². The van der Waals surface area contributed by atoms with E-state index in [0.29, 0.717) is 42.7 Å². The van der Waals surface area contributed by atoms with Crippen molar-refractivity contribution in [1.82, 2.24) is 9.80 Å². The van der Waals surface area contributed by atoms with E-state index in [2.05, 4.69) is 5.32 Å². The molecular weight excluding hydrogens is 535 g/mol. The first kappa shape index (κ1) is 28.1. The molecule has 4 amide bonds. The summed E-state index contributed by atoms with van der Waals surface area (Å²) in [6.45, 7) is 2.16. The quantitative estimate of drug-likeness (QED) is 0.393. The lowest BCUT2D eigenvalue weighted by molar-refractivity contribution is -0.138. The molecule has 1 fully saturated rings. The molecule has 0 bridgehead atoms. The first-order valence-corrected chi connectivity index (χ1v) is 13.4. The van der Waals surface area contributed by atoms with Gasteiger partial charge < -0.3 is 10.2 Å². The summed E-state index contributed by atoms with van der Waals surface area (Å²) in [5.41, 5.74) is 1.51. The molecule has 1 saturated heterocycles. The van der Waals surface area contributed by atoms with Gasteiger partial charge in [0.25, 0.3) is 17.7 Å². The highest BCUT2D eigenvalue weighted by Crippen LogP contribution is 2.34. The van der Waals surface area contributed by atoms with E-state index in [1.54, 1.807) is 41.3 Å². The normalized spacial score (nSPS) is 15.7. The monoisotopic (exact) mass is 563 g/mol. The maximum absolute atomic E-state index is 13.3. The molecule has 0 spiro atoms. The maximum Gasteiger partial charge on any atom is 0.416 e. The van der Waals surface area contributed by atoms with Crippen LogP contribution < -0.4 is 5.32 Å². The Morgan fingerprint density at radius 1 is 0.878 bits per heavy atom. The molecule has 0 aliphatic carbocycles. The maximum atomic E-state index is 13.3. The molecule has 2 heterocycles. The number of alkyl halides is 3. The van der Waals surface area contributed by atoms with Crippen LogP contribution >= 0.6 is 0 Å². The number of carbonyl (C=O) groups excluding carboxylic acids is 4. The molecule has 0 unspecified atom stereocenters. The predicted octanol–water partition coefficient (Wildman–Crippen LogP) is 5.66. The zero-order chi connectivity index (χ0) is 29.3. The van der Waals surface area contributed by atoms with Crippen LogP contribution in [0, 0.1) is 6.92 Å². The van der Waals surface area contributed by atoms with E-state index in [9.17, 15) is 32.3 Å². The molecule has 2 aliphatic heterocycles. The number of hydrogen-bond donors (Lipinski definition) is 1. The number of halogens is 3. The summed E-state index contributed by atoms with van der Waals surface area (Å²) in [6.07, 6.45) is -3.23. The highest BCUT2D eigenvalue weighted by molar-refractivity contribution is 6.21. The Kier molecular flexibility index (Phi) is 7.66.